The zero-order valence-electron chi connectivity index (χ0n) is 9.35. The second kappa shape index (κ2) is 4.49. The minimum Gasteiger partial charge on any atom is -0.212 e. The molecule has 0 spiro atoms. The molecule has 0 bridgehead atoms. The van der Waals surface area contributed by atoms with Crippen molar-refractivity contribution in [3.05, 3.63) is 64.3 Å². The van der Waals surface area contributed by atoms with Crippen LogP contribution >= 0.6 is 15.9 Å². The number of fused-ring (bicyclic) bond motifs is 1. The molecule has 1 aromatic carbocycles. The SMILES string of the molecule is Fc1ccc(Cc2nc3cccc(Br)n3n2)cc1. The van der Waals surface area contributed by atoms with Gasteiger partial charge in [-0.1, -0.05) is 18.2 Å². The van der Waals surface area contributed by atoms with Crippen molar-refractivity contribution < 1.29 is 4.39 Å². The summed E-state index contributed by atoms with van der Waals surface area (Å²) in [5, 5.41) is 4.39. The summed E-state index contributed by atoms with van der Waals surface area (Å²) in [7, 11) is 0. The van der Waals surface area contributed by atoms with E-state index in [1.54, 1.807) is 16.6 Å². The molecule has 3 rings (SSSR count). The second-order valence-corrected chi connectivity index (χ2v) is 4.76. The lowest BCUT2D eigenvalue weighted by atomic mass is 10.1. The molecule has 0 aliphatic heterocycles. The van der Waals surface area contributed by atoms with Crippen LogP contribution in [0, 0.1) is 5.82 Å². The Kier molecular flexibility index (Phi) is 2.83. The van der Waals surface area contributed by atoms with E-state index in [0.29, 0.717) is 12.2 Å². The van der Waals surface area contributed by atoms with Gasteiger partial charge in [0, 0.05) is 6.42 Å². The zero-order chi connectivity index (χ0) is 12.5. The van der Waals surface area contributed by atoms with E-state index in [2.05, 4.69) is 26.0 Å². The van der Waals surface area contributed by atoms with E-state index in [4.69, 9.17) is 0 Å². The summed E-state index contributed by atoms with van der Waals surface area (Å²) in [5.74, 6) is 0.484. The van der Waals surface area contributed by atoms with Crippen LogP contribution in [0.25, 0.3) is 5.65 Å². The monoisotopic (exact) mass is 305 g/mol. The number of halogens is 2. The van der Waals surface area contributed by atoms with E-state index in [9.17, 15) is 4.39 Å². The molecule has 0 saturated heterocycles. The molecule has 3 nitrogen and oxygen atoms in total. The van der Waals surface area contributed by atoms with Crippen molar-refractivity contribution in [1.82, 2.24) is 14.6 Å². The van der Waals surface area contributed by atoms with Gasteiger partial charge in [-0.25, -0.2) is 13.9 Å². The number of rotatable bonds is 2. The fourth-order valence-corrected chi connectivity index (χ4v) is 2.19. The Morgan fingerprint density at radius 3 is 2.61 bits per heavy atom. The first-order valence-corrected chi connectivity index (χ1v) is 6.26. The predicted molar refractivity (Wildman–Crippen MR) is 69.9 cm³/mol. The summed E-state index contributed by atoms with van der Waals surface area (Å²) in [5.41, 5.74) is 1.78. The van der Waals surface area contributed by atoms with Crippen LogP contribution < -0.4 is 0 Å². The first-order valence-electron chi connectivity index (χ1n) is 5.47. The fraction of sp³-hybridized carbons (Fsp3) is 0.0769. The van der Waals surface area contributed by atoms with Gasteiger partial charge in [0.15, 0.2) is 11.5 Å². The zero-order valence-corrected chi connectivity index (χ0v) is 10.9. The van der Waals surface area contributed by atoms with Crippen LogP contribution in [0.4, 0.5) is 4.39 Å². The van der Waals surface area contributed by atoms with E-state index in [0.717, 1.165) is 15.8 Å². The number of pyridine rings is 1. The number of benzene rings is 1. The molecule has 0 fully saturated rings. The van der Waals surface area contributed by atoms with Crippen LogP contribution in [0.15, 0.2) is 47.1 Å². The van der Waals surface area contributed by atoms with Crippen LogP contribution in [0.1, 0.15) is 11.4 Å². The van der Waals surface area contributed by atoms with Gasteiger partial charge in [0.2, 0.25) is 0 Å². The minimum atomic E-state index is -0.232. The van der Waals surface area contributed by atoms with Gasteiger partial charge in [0.05, 0.1) is 0 Å². The summed E-state index contributed by atoms with van der Waals surface area (Å²) in [6.45, 7) is 0. The highest BCUT2D eigenvalue weighted by atomic mass is 79.9. The molecular weight excluding hydrogens is 297 g/mol. The maximum Gasteiger partial charge on any atom is 0.156 e. The van der Waals surface area contributed by atoms with E-state index >= 15 is 0 Å². The van der Waals surface area contributed by atoms with Crippen molar-refractivity contribution in [3.63, 3.8) is 0 Å². The van der Waals surface area contributed by atoms with Crippen LogP contribution in [-0.2, 0) is 6.42 Å². The minimum absolute atomic E-state index is 0.232. The number of nitrogens with zero attached hydrogens (tertiary/aromatic N) is 3. The molecule has 0 atom stereocenters. The van der Waals surface area contributed by atoms with Gasteiger partial charge in [0.1, 0.15) is 10.4 Å². The highest BCUT2D eigenvalue weighted by molar-refractivity contribution is 9.10. The highest BCUT2D eigenvalue weighted by Crippen LogP contribution is 2.13. The Balaban J connectivity index is 1.95. The van der Waals surface area contributed by atoms with Gasteiger partial charge < -0.3 is 0 Å². The standard InChI is InChI=1S/C13H9BrFN3/c14-11-2-1-3-13-16-12(17-18(11)13)8-9-4-6-10(15)7-5-9/h1-7H,8H2. The van der Waals surface area contributed by atoms with Gasteiger partial charge in [-0.2, -0.15) is 0 Å². The molecule has 0 saturated carbocycles. The molecule has 0 N–H and O–H groups in total. The normalized spacial score (nSPS) is 11.0. The first kappa shape index (κ1) is 11.3. The Bertz CT molecular complexity index is 691. The molecule has 0 amide bonds. The average Bonchev–Trinajstić information content (AvgIpc) is 2.76. The Morgan fingerprint density at radius 2 is 1.89 bits per heavy atom. The maximum atomic E-state index is 12.8. The third-order valence-electron chi connectivity index (χ3n) is 2.63. The van der Waals surface area contributed by atoms with Crippen molar-refractivity contribution in [3.8, 4) is 0 Å². The molecule has 0 unspecified atom stereocenters. The van der Waals surface area contributed by atoms with Crippen molar-refractivity contribution in [1.29, 1.82) is 0 Å². The van der Waals surface area contributed by atoms with E-state index < -0.39 is 0 Å². The maximum absolute atomic E-state index is 12.8. The van der Waals surface area contributed by atoms with Crippen LogP contribution in [-0.4, -0.2) is 14.6 Å². The Labute approximate surface area is 111 Å². The molecule has 18 heavy (non-hydrogen) atoms. The molecule has 0 aliphatic rings. The summed E-state index contributed by atoms with van der Waals surface area (Å²) in [6.07, 6.45) is 0.592. The summed E-state index contributed by atoms with van der Waals surface area (Å²) < 4.78 is 15.4. The Hall–Kier alpha value is -1.75. The molecule has 0 radical (unpaired) electrons. The molecule has 0 aliphatic carbocycles. The van der Waals surface area contributed by atoms with Crippen molar-refractivity contribution in [2.24, 2.45) is 0 Å². The van der Waals surface area contributed by atoms with E-state index in [1.165, 1.54) is 12.1 Å². The first-order chi connectivity index (χ1) is 8.72. The van der Waals surface area contributed by atoms with Crippen molar-refractivity contribution in [2.75, 3.05) is 0 Å². The van der Waals surface area contributed by atoms with Gasteiger partial charge in [-0.15, -0.1) is 5.10 Å². The summed E-state index contributed by atoms with van der Waals surface area (Å²) in [4.78, 5) is 4.42. The van der Waals surface area contributed by atoms with Gasteiger partial charge >= 0.3 is 0 Å². The molecule has 5 heteroatoms. The van der Waals surface area contributed by atoms with Crippen LogP contribution in [0.5, 0.6) is 0 Å². The topological polar surface area (TPSA) is 30.2 Å². The second-order valence-electron chi connectivity index (χ2n) is 3.95. The lowest BCUT2D eigenvalue weighted by Gasteiger charge is -1.96. The highest BCUT2D eigenvalue weighted by Gasteiger charge is 2.06. The van der Waals surface area contributed by atoms with Gasteiger partial charge in [-0.3, -0.25) is 0 Å². The third-order valence-corrected chi connectivity index (χ3v) is 3.23. The quantitative estimate of drug-likeness (QED) is 0.681. The van der Waals surface area contributed by atoms with Gasteiger partial charge in [-0.05, 0) is 45.8 Å². The average molecular weight is 306 g/mol. The number of aromatic nitrogens is 3. The van der Waals surface area contributed by atoms with Crippen LogP contribution in [0.3, 0.4) is 0 Å². The number of hydrogen-bond donors (Lipinski definition) is 0. The van der Waals surface area contributed by atoms with Crippen molar-refractivity contribution >= 4 is 21.6 Å². The molecule has 2 aromatic heterocycles. The van der Waals surface area contributed by atoms with Gasteiger partial charge in [0.25, 0.3) is 0 Å². The molecular formula is C13H9BrFN3. The van der Waals surface area contributed by atoms with Crippen molar-refractivity contribution in [2.45, 2.75) is 6.42 Å². The molecule has 2 heterocycles. The number of hydrogen-bond acceptors (Lipinski definition) is 2. The lowest BCUT2D eigenvalue weighted by Crippen LogP contribution is -1.93. The Morgan fingerprint density at radius 1 is 1.11 bits per heavy atom. The van der Waals surface area contributed by atoms with E-state index in [1.807, 2.05) is 18.2 Å². The van der Waals surface area contributed by atoms with Crippen LogP contribution in [0.2, 0.25) is 0 Å². The third kappa shape index (κ3) is 2.13. The van der Waals surface area contributed by atoms with E-state index in [-0.39, 0.29) is 5.82 Å². The fourth-order valence-electron chi connectivity index (χ4n) is 1.78. The summed E-state index contributed by atoms with van der Waals surface area (Å²) in [6, 6.07) is 12.1. The largest absolute Gasteiger partial charge is 0.212 e. The molecule has 3 aromatic rings. The predicted octanol–water partition coefficient (Wildman–Crippen LogP) is 3.22. The summed E-state index contributed by atoms with van der Waals surface area (Å²) >= 11 is 3.42. The molecule has 90 valence electrons. The smallest absolute Gasteiger partial charge is 0.156 e. The lowest BCUT2D eigenvalue weighted by molar-refractivity contribution is 0.627.